The van der Waals surface area contributed by atoms with E-state index in [9.17, 15) is 9.59 Å². The lowest BCUT2D eigenvalue weighted by Crippen LogP contribution is -2.35. The van der Waals surface area contributed by atoms with Gasteiger partial charge in [-0.3, -0.25) is 9.59 Å². The zero-order valence-corrected chi connectivity index (χ0v) is 18.0. The van der Waals surface area contributed by atoms with Crippen molar-refractivity contribution in [3.05, 3.63) is 88.8 Å². The standard InChI is InChI=1S/C26H24N4O2/c1-16(2)24(26-27-19-11-5-6-12-20(19)28-26)29-23(31)15-30-21-13-7-3-9-17(21)25(32)18-10-4-8-14-22(18)30/h3-14,16,24H,15H2,1-2H3,(H,27,28)(H,29,31). The quantitative estimate of drug-likeness (QED) is 0.407. The molecule has 2 aromatic heterocycles. The van der Waals surface area contributed by atoms with E-state index in [0.29, 0.717) is 10.8 Å². The van der Waals surface area contributed by atoms with Crippen molar-refractivity contribution in [2.45, 2.75) is 26.4 Å². The normalized spacial score (nSPS) is 12.6. The zero-order chi connectivity index (χ0) is 22.2. The number of carbonyl (C=O) groups excluding carboxylic acids is 1. The molecule has 0 saturated carbocycles. The summed E-state index contributed by atoms with van der Waals surface area (Å²) in [5.74, 6) is 0.745. The van der Waals surface area contributed by atoms with Crippen LogP contribution in [-0.4, -0.2) is 20.4 Å². The van der Waals surface area contributed by atoms with Crippen LogP contribution in [0.1, 0.15) is 25.7 Å². The Hall–Kier alpha value is -3.93. The van der Waals surface area contributed by atoms with Crippen molar-refractivity contribution < 1.29 is 4.79 Å². The Morgan fingerprint density at radius 1 is 0.938 bits per heavy atom. The SMILES string of the molecule is CC(C)C(NC(=O)Cn1c2ccccc2c(=O)c2ccccc21)c1nc2ccccc2[nH]1. The summed E-state index contributed by atoms with van der Waals surface area (Å²) in [4.78, 5) is 34.2. The first-order valence-corrected chi connectivity index (χ1v) is 10.8. The van der Waals surface area contributed by atoms with Crippen molar-refractivity contribution in [1.29, 1.82) is 0 Å². The number of nitrogens with one attached hydrogen (secondary N) is 2. The molecule has 6 nitrogen and oxygen atoms in total. The summed E-state index contributed by atoms with van der Waals surface area (Å²) in [6.07, 6.45) is 0. The zero-order valence-electron chi connectivity index (χ0n) is 18.0. The Kier molecular flexibility index (Phi) is 4.98. The number of aromatic nitrogens is 3. The van der Waals surface area contributed by atoms with Crippen molar-refractivity contribution >= 4 is 38.7 Å². The van der Waals surface area contributed by atoms with Gasteiger partial charge in [-0.05, 0) is 42.3 Å². The topological polar surface area (TPSA) is 79.8 Å². The van der Waals surface area contributed by atoms with Crippen molar-refractivity contribution in [2.75, 3.05) is 0 Å². The van der Waals surface area contributed by atoms with E-state index < -0.39 is 0 Å². The summed E-state index contributed by atoms with van der Waals surface area (Å²) in [5, 5.41) is 4.37. The van der Waals surface area contributed by atoms with Crippen molar-refractivity contribution in [3.8, 4) is 0 Å². The Balaban J connectivity index is 1.52. The molecule has 5 aromatic rings. The Bertz CT molecular complexity index is 1420. The van der Waals surface area contributed by atoms with Crippen LogP contribution in [0, 0.1) is 5.92 Å². The van der Waals surface area contributed by atoms with E-state index in [2.05, 4.69) is 29.1 Å². The van der Waals surface area contributed by atoms with Crippen LogP contribution in [0.25, 0.3) is 32.8 Å². The number of aromatic amines is 1. The minimum atomic E-state index is -0.258. The van der Waals surface area contributed by atoms with Crippen molar-refractivity contribution in [2.24, 2.45) is 5.92 Å². The van der Waals surface area contributed by atoms with Crippen molar-refractivity contribution in [3.63, 3.8) is 0 Å². The maximum atomic E-state index is 13.2. The number of hydrogen-bond acceptors (Lipinski definition) is 3. The van der Waals surface area contributed by atoms with Gasteiger partial charge in [0.25, 0.3) is 0 Å². The van der Waals surface area contributed by atoms with Crippen LogP contribution >= 0.6 is 0 Å². The Labute approximate surface area is 184 Å². The third-order valence-corrected chi connectivity index (χ3v) is 5.87. The highest BCUT2D eigenvalue weighted by Gasteiger charge is 2.22. The fraction of sp³-hybridized carbons (Fsp3) is 0.192. The maximum absolute atomic E-state index is 13.2. The van der Waals surface area contributed by atoms with Gasteiger partial charge in [-0.15, -0.1) is 0 Å². The fourth-order valence-electron chi connectivity index (χ4n) is 4.28. The summed E-state index contributed by atoms with van der Waals surface area (Å²) in [6, 6.07) is 22.4. The molecule has 2 heterocycles. The fourth-order valence-corrected chi connectivity index (χ4v) is 4.28. The highest BCUT2D eigenvalue weighted by atomic mass is 16.2. The monoisotopic (exact) mass is 424 g/mol. The summed E-state index contributed by atoms with van der Waals surface area (Å²) < 4.78 is 1.91. The number of carbonyl (C=O) groups is 1. The van der Waals surface area contributed by atoms with Crippen LogP contribution in [0.3, 0.4) is 0 Å². The van der Waals surface area contributed by atoms with Gasteiger partial charge in [0.2, 0.25) is 5.91 Å². The Morgan fingerprint density at radius 3 is 2.16 bits per heavy atom. The average molecular weight is 425 g/mol. The second kappa shape index (κ2) is 7.96. The number of rotatable bonds is 5. The molecule has 0 aliphatic rings. The molecule has 0 fully saturated rings. The molecule has 6 heteroatoms. The van der Waals surface area contributed by atoms with Gasteiger partial charge in [-0.1, -0.05) is 50.2 Å². The summed E-state index contributed by atoms with van der Waals surface area (Å²) in [6.45, 7) is 4.22. The molecule has 0 aliphatic heterocycles. The van der Waals surface area contributed by atoms with E-state index in [1.165, 1.54) is 0 Å². The lowest BCUT2D eigenvalue weighted by atomic mass is 10.0. The molecule has 0 spiro atoms. The number of imidazole rings is 1. The van der Waals surface area contributed by atoms with E-state index in [4.69, 9.17) is 0 Å². The predicted octanol–water partition coefficient (Wildman–Crippen LogP) is 4.54. The van der Waals surface area contributed by atoms with Gasteiger partial charge in [0.1, 0.15) is 12.4 Å². The van der Waals surface area contributed by atoms with E-state index in [0.717, 1.165) is 27.9 Å². The molecule has 0 radical (unpaired) electrons. The lowest BCUT2D eigenvalue weighted by Gasteiger charge is -2.22. The van der Waals surface area contributed by atoms with Gasteiger partial charge in [0.05, 0.1) is 28.1 Å². The van der Waals surface area contributed by atoms with E-state index in [1.807, 2.05) is 77.4 Å². The predicted molar refractivity (Wildman–Crippen MR) is 128 cm³/mol. The molecule has 160 valence electrons. The molecule has 1 amide bonds. The summed E-state index contributed by atoms with van der Waals surface area (Å²) in [5.41, 5.74) is 3.29. The molecule has 2 N–H and O–H groups in total. The molecule has 1 unspecified atom stereocenters. The van der Waals surface area contributed by atoms with Gasteiger partial charge in [0, 0.05) is 10.8 Å². The Morgan fingerprint density at radius 2 is 1.53 bits per heavy atom. The number of benzene rings is 3. The van der Waals surface area contributed by atoms with Crippen LogP contribution in [0.5, 0.6) is 0 Å². The third-order valence-electron chi connectivity index (χ3n) is 5.87. The van der Waals surface area contributed by atoms with Crippen LogP contribution in [0.4, 0.5) is 0 Å². The molecule has 32 heavy (non-hydrogen) atoms. The highest BCUT2D eigenvalue weighted by Crippen LogP contribution is 2.23. The second-order valence-electron chi connectivity index (χ2n) is 8.38. The molecule has 5 rings (SSSR count). The summed E-state index contributed by atoms with van der Waals surface area (Å²) in [7, 11) is 0. The van der Waals surface area contributed by atoms with Crippen LogP contribution in [-0.2, 0) is 11.3 Å². The van der Waals surface area contributed by atoms with E-state index in [-0.39, 0.29) is 29.8 Å². The first-order valence-electron chi connectivity index (χ1n) is 10.8. The number of pyridine rings is 1. The number of para-hydroxylation sites is 4. The number of H-pyrrole nitrogens is 1. The molecule has 0 aliphatic carbocycles. The molecule has 0 saturated heterocycles. The van der Waals surface area contributed by atoms with E-state index >= 15 is 0 Å². The first kappa shape index (κ1) is 20.0. The minimum Gasteiger partial charge on any atom is -0.344 e. The largest absolute Gasteiger partial charge is 0.344 e. The van der Waals surface area contributed by atoms with Crippen LogP contribution < -0.4 is 10.7 Å². The molecule has 0 bridgehead atoms. The molecular formula is C26H24N4O2. The van der Waals surface area contributed by atoms with Gasteiger partial charge in [-0.25, -0.2) is 4.98 Å². The number of hydrogen-bond donors (Lipinski definition) is 2. The highest BCUT2D eigenvalue weighted by molar-refractivity contribution is 5.94. The number of nitrogens with zero attached hydrogens (tertiary/aromatic N) is 2. The maximum Gasteiger partial charge on any atom is 0.240 e. The molecule has 3 aromatic carbocycles. The van der Waals surface area contributed by atoms with Crippen LogP contribution in [0.15, 0.2) is 77.6 Å². The minimum absolute atomic E-state index is 0.0183. The molecular weight excluding hydrogens is 400 g/mol. The van der Waals surface area contributed by atoms with Gasteiger partial charge >= 0.3 is 0 Å². The third kappa shape index (κ3) is 3.43. The first-order chi connectivity index (χ1) is 15.5. The van der Waals surface area contributed by atoms with Gasteiger partial charge in [-0.2, -0.15) is 0 Å². The van der Waals surface area contributed by atoms with E-state index in [1.54, 1.807) is 0 Å². The lowest BCUT2D eigenvalue weighted by molar-refractivity contribution is -0.122. The van der Waals surface area contributed by atoms with Gasteiger partial charge in [0.15, 0.2) is 5.43 Å². The smallest absolute Gasteiger partial charge is 0.240 e. The van der Waals surface area contributed by atoms with Crippen LogP contribution in [0.2, 0.25) is 0 Å². The number of fused-ring (bicyclic) bond motifs is 3. The number of amides is 1. The second-order valence-corrected chi connectivity index (χ2v) is 8.38. The van der Waals surface area contributed by atoms with Crippen molar-refractivity contribution in [1.82, 2.24) is 19.9 Å². The van der Waals surface area contributed by atoms with Gasteiger partial charge < -0.3 is 14.9 Å². The molecule has 1 atom stereocenters. The summed E-state index contributed by atoms with van der Waals surface area (Å²) >= 11 is 0. The average Bonchev–Trinajstić information content (AvgIpc) is 3.24.